The first-order chi connectivity index (χ1) is 30.6. The lowest BCUT2D eigenvalue weighted by Crippen LogP contribution is -2.50. The third-order valence-corrected chi connectivity index (χ3v) is 10.7. The zero-order valence-electron chi connectivity index (χ0n) is 40.7. The van der Waals surface area contributed by atoms with Crippen molar-refractivity contribution in [1.29, 1.82) is 0 Å². The van der Waals surface area contributed by atoms with E-state index in [1.807, 2.05) is 94.1 Å². The second-order valence-corrected chi connectivity index (χ2v) is 17.5. The van der Waals surface area contributed by atoms with Crippen molar-refractivity contribution < 1.29 is 38.2 Å². The van der Waals surface area contributed by atoms with E-state index in [9.17, 15) is 19.5 Å². The highest BCUT2D eigenvalue weighted by Crippen LogP contribution is 2.14. The molecule has 0 aromatic carbocycles. The summed E-state index contributed by atoms with van der Waals surface area (Å²) in [5.41, 5.74) is 0. The first kappa shape index (κ1) is 59.2. The van der Waals surface area contributed by atoms with Gasteiger partial charge in [0.15, 0.2) is 12.1 Å². The number of nitrogens with zero attached hydrogens (tertiary/aromatic N) is 1. The lowest BCUT2D eigenvalue weighted by atomic mass is 10.1. The van der Waals surface area contributed by atoms with Gasteiger partial charge in [0, 0.05) is 19.3 Å². The minimum absolute atomic E-state index is 0.0385. The van der Waals surface area contributed by atoms with Crippen LogP contribution < -0.4 is 0 Å². The Morgan fingerprint density at radius 3 is 1.38 bits per heavy atom. The second-order valence-electron chi connectivity index (χ2n) is 17.5. The van der Waals surface area contributed by atoms with E-state index in [0.29, 0.717) is 19.3 Å². The second kappa shape index (κ2) is 44.8. The molecule has 358 valence electrons. The van der Waals surface area contributed by atoms with Gasteiger partial charge in [0.1, 0.15) is 6.61 Å². The van der Waals surface area contributed by atoms with Crippen molar-refractivity contribution in [2.24, 2.45) is 0 Å². The molecule has 8 heteroatoms. The van der Waals surface area contributed by atoms with E-state index in [4.69, 9.17) is 14.2 Å². The Morgan fingerprint density at radius 2 is 0.905 bits per heavy atom. The highest BCUT2D eigenvalue weighted by atomic mass is 16.6. The number of aliphatic carboxylic acids is 1. The first-order valence-electron chi connectivity index (χ1n) is 24.9. The van der Waals surface area contributed by atoms with E-state index >= 15 is 0 Å². The van der Waals surface area contributed by atoms with E-state index in [1.165, 1.54) is 96.3 Å². The molecule has 0 saturated heterocycles. The molecule has 0 rings (SSSR count). The van der Waals surface area contributed by atoms with Gasteiger partial charge in [-0.3, -0.25) is 9.59 Å². The van der Waals surface area contributed by atoms with Crippen LogP contribution in [-0.4, -0.2) is 80.6 Å². The van der Waals surface area contributed by atoms with Crippen molar-refractivity contribution >= 4 is 17.9 Å². The van der Waals surface area contributed by atoms with Crippen molar-refractivity contribution in [3.8, 4) is 0 Å². The molecule has 0 aromatic rings. The Morgan fingerprint density at radius 1 is 0.492 bits per heavy atom. The molecular weight excluding hydrogens is 787 g/mol. The Bertz CT molecular complexity index is 1350. The van der Waals surface area contributed by atoms with Crippen LogP contribution in [0.4, 0.5) is 0 Å². The average Bonchev–Trinajstić information content (AvgIpc) is 3.24. The van der Waals surface area contributed by atoms with E-state index in [-0.39, 0.29) is 36.2 Å². The van der Waals surface area contributed by atoms with Crippen LogP contribution >= 0.6 is 0 Å². The quantitative estimate of drug-likeness (QED) is 0.0214. The smallest absolute Gasteiger partial charge is 0.362 e. The zero-order valence-corrected chi connectivity index (χ0v) is 40.7. The number of unbranched alkanes of at least 4 members (excludes halogenated alkanes) is 19. The lowest BCUT2D eigenvalue weighted by molar-refractivity contribution is -0.887. The molecule has 0 heterocycles. The third kappa shape index (κ3) is 43.3. The number of rotatable bonds is 43. The molecule has 0 aliphatic heterocycles. The van der Waals surface area contributed by atoms with E-state index in [2.05, 4.69) is 38.2 Å². The number of likely N-dealkylation sites (N-methyl/N-ethyl adjacent to an activating group) is 1. The van der Waals surface area contributed by atoms with Gasteiger partial charge < -0.3 is 23.8 Å². The van der Waals surface area contributed by atoms with Crippen molar-refractivity contribution in [2.75, 3.05) is 41.0 Å². The van der Waals surface area contributed by atoms with E-state index in [1.54, 1.807) is 0 Å². The van der Waals surface area contributed by atoms with Crippen molar-refractivity contribution in [3.63, 3.8) is 0 Å². The fraction of sp³-hybridized carbons (Fsp3) is 0.655. The third-order valence-electron chi connectivity index (χ3n) is 10.7. The Hall–Kier alpha value is -3.75. The highest BCUT2D eigenvalue weighted by molar-refractivity contribution is 5.72. The van der Waals surface area contributed by atoms with Crippen LogP contribution in [0.25, 0.3) is 0 Å². The summed E-state index contributed by atoms with van der Waals surface area (Å²) in [6.07, 6.45) is 60.2. The minimum Gasteiger partial charge on any atom is -0.477 e. The molecular formula is C55H92NO7+. The number of esters is 2. The number of allylic oxidation sites excluding steroid dienone is 16. The predicted molar refractivity (Wildman–Crippen MR) is 266 cm³/mol. The summed E-state index contributed by atoms with van der Waals surface area (Å²) in [7, 11) is 5.51. The van der Waals surface area contributed by atoms with Gasteiger partial charge in [0.2, 0.25) is 0 Å². The van der Waals surface area contributed by atoms with Gasteiger partial charge in [-0.1, -0.05) is 201 Å². The summed E-state index contributed by atoms with van der Waals surface area (Å²) >= 11 is 0. The van der Waals surface area contributed by atoms with Gasteiger partial charge >= 0.3 is 17.9 Å². The molecule has 63 heavy (non-hydrogen) atoms. The van der Waals surface area contributed by atoms with Gasteiger partial charge in [-0.2, -0.15) is 0 Å². The van der Waals surface area contributed by atoms with Gasteiger partial charge in [-0.15, -0.1) is 0 Å². The maximum Gasteiger partial charge on any atom is 0.362 e. The molecule has 2 atom stereocenters. The Labute approximate surface area is 386 Å². The molecule has 0 radical (unpaired) electrons. The molecule has 1 N–H and O–H groups in total. The van der Waals surface area contributed by atoms with Crippen LogP contribution in [0.3, 0.4) is 0 Å². The molecule has 0 aromatic heterocycles. The first-order valence-corrected chi connectivity index (χ1v) is 24.9. The van der Waals surface area contributed by atoms with Crippen LogP contribution in [0.15, 0.2) is 97.2 Å². The summed E-state index contributed by atoms with van der Waals surface area (Å²) in [6, 6.07) is -0.629. The number of carboxylic acid groups (broad SMARTS) is 1. The highest BCUT2D eigenvalue weighted by Gasteiger charge is 2.31. The number of carboxylic acids is 1. The van der Waals surface area contributed by atoms with E-state index in [0.717, 1.165) is 51.4 Å². The summed E-state index contributed by atoms with van der Waals surface area (Å²) in [5.74, 6) is -1.54. The summed E-state index contributed by atoms with van der Waals surface area (Å²) in [6.45, 7) is 4.53. The molecule has 0 saturated carbocycles. The molecule has 0 bridgehead atoms. The normalized spacial score (nSPS) is 13.7. The van der Waals surface area contributed by atoms with E-state index < -0.39 is 18.1 Å². The number of hydrogen-bond acceptors (Lipinski definition) is 6. The molecule has 0 spiro atoms. The van der Waals surface area contributed by atoms with Gasteiger partial charge in [0.25, 0.3) is 0 Å². The van der Waals surface area contributed by atoms with Crippen LogP contribution in [0.2, 0.25) is 0 Å². The van der Waals surface area contributed by atoms with Crippen molar-refractivity contribution in [3.05, 3.63) is 97.2 Å². The van der Waals surface area contributed by atoms with Gasteiger partial charge in [0.05, 0.1) is 34.4 Å². The zero-order chi connectivity index (χ0) is 46.3. The summed E-state index contributed by atoms with van der Waals surface area (Å²) in [4.78, 5) is 37.1. The lowest BCUT2D eigenvalue weighted by Gasteiger charge is -2.31. The fourth-order valence-electron chi connectivity index (χ4n) is 6.83. The van der Waals surface area contributed by atoms with Crippen LogP contribution in [0.5, 0.6) is 0 Å². The SMILES string of the molecule is CC/C=C/C=C/C=C/C=C/C=C/C=C/C=C/CCCCCC(=O)OCC(COCCC(C(=O)O)[N+](C)(C)C)OC(=O)CCCCCCCCC/C=C/CCCCCCCCCCC. The van der Waals surface area contributed by atoms with Crippen LogP contribution in [0, 0.1) is 0 Å². The van der Waals surface area contributed by atoms with Crippen LogP contribution in [-0.2, 0) is 28.6 Å². The standard InChI is InChI=1S/C55H91NO7/c1-6-8-10-12-14-16-18-20-22-24-26-28-30-32-34-36-38-40-42-44-46-54(58)63-51(49-61-48-47-52(55(59)60)56(3,4)5)50-62-53(57)45-43-41-39-37-35-33-31-29-27-25-23-21-19-17-15-13-11-9-7-2/h9,11,13,15,17,19,21,23,25-29,31,33,35,51-52H,6-8,10,12,14,16,18,20,22,24,30,32,34,36-50H2,1-5H3/p+1/b11-9+,15-13+,19-17+,23-21+,27-25+,28-26+,31-29+,35-33+. The number of hydrogen-bond donors (Lipinski definition) is 1. The molecule has 2 unspecified atom stereocenters. The molecule has 0 fully saturated rings. The van der Waals surface area contributed by atoms with Crippen LogP contribution in [0.1, 0.15) is 181 Å². The number of carbonyl (C=O) groups excluding carboxylic acids is 2. The Kier molecular flexibility index (Phi) is 42.2. The van der Waals surface area contributed by atoms with Gasteiger partial charge in [-0.05, 0) is 57.8 Å². The fourth-order valence-corrected chi connectivity index (χ4v) is 6.83. The minimum atomic E-state index is -0.886. The number of quaternary nitrogens is 1. The topological polar surface area (TPSA) is 99.1 Å². The average molecular weight is 879 g/mol. The molecule has 0 aliphatic rings. The monoisotopic (exact) mass is 879 g/mol. The maximum atomic E-state index is 12.8. The number of carbonyl (C=O) groups is 3. The number of ether oxygens (including phenoxy) is 3. The van der Waals surface area contributed by atoms with Crippen molar-refractivity contribution in [2.45, 2.75) is 193 Å². The predicted octanol–water partition coefficient (Wildman–Crippen LogP) is 14.2. The Balaban J connectivity index is 4.39. The van der Waals surface area contributed by atoms with Gasteiger partial charge in [-0.25, -0.2) is 4.79 Å². The molecule has 8 nitrogen and oxygen atoms in total. The van der Waals surface area contributed by atoms with Crippen molar-refractivity contribution in [1.82, 2.24) is 0 Å². The molecule has 0 aliphatic carbocycles. The molecule has 0 amide bonds. The largest absolute Gasteiger partial charge is 0.477 e. The summed E-state index contributed by atoms with van der Waals surface area (Å²) in [5, 5.41) is 9.65. The summed E-state index contributed by atoms with van der Waals surface area (Å²) < 4.78 is 17.3. The maximum absolute atomic E-state index is 12.8.